The van der Waals surface area contributed by atoms with Gasteiger partial charge in [0, 0.05) is 5.25 Å². The fourth-order valence-corrected chi connectivity index (χ4v) is 2.49. The van der Waals surface area contributed by atoms with Gasteiger partial charge in [-0.2, -0.15) is 0 Å². The number of hydrogen-bond acceptors (Lipinski definition) is 3. The molecule has 3 nitrogen and oxygen atoms in total. The number of ketones is 1. The second-order valence-electron chi connectivity index (χ2n) is 2.54. The first kappa shape index (κ1) is 8.59. The van der Waals surface area contributed by atoms with Crippen LogP contribution in [-0.2, 0) is 9.59 Å². The minimum absolute atomic E-state index is 0.000000000000000222. The molecule has 1 N–H and O–H groups in total. The van der Waals surface area contributed by atoms with E-state index in [9.17, 15) is 9.59 Å². The highest BCUT2D eigenvalue weighted by Crippen LogP contribution is 2.31. The minimum Gasteiger partial charge on any atom is -0.481 e. The maximum Gasteiger partial charge on any atom is 0.315 e. The van der Waals surface area contributed by atoms with Crippen LogP contribution in [0, 0.1) is 5.92 Å². The summed E-state index contributed by atoms with van der Waals surface area (Å²) in [5.74, 6) is -1.47. The van der Waals surface area contributed by atoms with Crippen molar-refractivity contribution in [1.29, 1.82) is 0 Å². The van der Waals surface area contributed by atoms with Gasteiger partial charge in [-0.05, 0) is 6.42 Å². The molecule has 11 heavy (non-hydrogen) atoms. The van der Waals surface area contributed by atoms with E-state index < -0.39 is 11.9 Å². The predicted molar refractivity (Wildman–Crippen MR) is 42.7 cm³/mol. The van der Waals surface area contributed by atoms with Gasteiger partial charge in [0.2, 0.25) is 0 Å². The Labute approximate surface area is 69.2 Å². The smallest absolute Gasteiger partial charge is 0.315 e. The van der Waals surface area contributed by atoms with Crippen LogP contribution in [0.5, 0.6) is 0 Å². The van der Waals surface area contributed by atoms with Gasteiger partial charge in [0.05, 0.1) is 5.75 Å². The Morgan fingerprint density at radius 1 is 1.82 bits per heavy atom. The lowest BCUT2D eigenvalue weighted by Gasteiger charge is -2.09. The van der Waals surface area contributed by atoms with Crippen molar-refractivity contribution in [1.82, 2.24) is 0 Å². The molecule has 0 spiro atoms. The molecule has 1 heterocycles. The van der Waals surface area contributed by atoms with E-state index in [1.807, 2.05) is 6.92 Å². The van der Waals surface area contributed by atoms with Crippen molar-refractivity contribution in [3.8, 4) is 0 Å². The summed E-state index contributed by atoms with van der Waals surface area (Å²) in [6.45, 7) is 1.91. The van der Waals surface area contributed by atoms with Crippen molar-refractivity contribution in [2.75, 3.05) is 5.75 Å². The Morgan fingerprint density at radius 3 is 2.82 bits per heavy atom. The molecule has 0 aromatic rings. The average molecular weight is 174 g/mol. The van der Waals surface area contributed by atoms with Crippen LogP contribution in [0.25, 0.3) is 0 Å². The molecular formula is C7H10O3S. The van der Waals surface area contributed by atoms with Crippen LogP contribution in [0.4, 0.5) is 0 Å². The number of hydrogen-bond donors (Lipinski definition) is 1. The molecule has 0 bridgehead atoms. The number of thioether (sulfide) groups is 1. The van der Waals surface area contributed by atoms with E-state index in [4.69, 9.17) is 5.11 Å². The number of carboxylic acids is 1. The van der Waals surface area contributed by atoms with E-state index in [1.165, 1.54) is 11.8 Å². The molecule has 0 aromatic carbocycles. The van der Waals surface area contributed by atoms with Crippen molar-refractivity contribution in [2.24, 2.45) is 5.92 Å². The monoisotopic (exact) mass is 174 g/mol. The molecule has 0 amide bonds. The standard InChI is InChI=1S/C7H10O3S/c1-2-5-6(7(9)10)4(8)3-11-5/h5-6H,2-3H2,1H3,(H,9,10). The molecule has 4 heteroatoms. The van der Waals surface area contributed by atoms with Crippen LogP contribution in [0.3, 0.4) is 0 Å². The van der Waals surface area contributed by atoms with Crippen molar-refractivity contribution in [3.63, 3.8) is 0 Å². The summed E-state index contributed by atoms with van der Waals surface area (Å²) < 4.78 is 0. The van der Waals surface area contributed by atoms with Gasteiger partial charge in [-0.3, -0.25) is 9.59 Å². The summed E-state index contributed by atoms with van der Waals surface area (Å²) in [5, 5.41) is 8.65. The molecule has 2 unspecified atom stereocenters. The molecule has 1 fully saturated rings. The molecule has 2 atom stereocenters. The molecule has 0 aromatic heterocycles. The van der Waals surface area contributed by atoms with Crippen LogP contribution in [0.15, 0.2) is 0 Å². The van der Waals surface area contributed by atoms with Crippen LogP contribution >= 0.6 is 11.8 Å². The normalized spacial score (nSPS) is 30.8. The molecule has 1 aliphatic heterocycles. The van der Waals surface area contributed by atoms with Crippen molar-refractivity contribution in [2.45, 2.75) is 18.6 Å². The Balaban J connectivity index is 2.71. The van der Waals surface area contributed by atoms with Crippen LogP contribution in [0.2, 0.25) is 0 Å². The summed E-state index contributed by atoms with van der Waals surface area (Å²) in [5.41, 5.74) is 0. The lowest BCUT2D eigenvalue weighted by atomic mass is 10.00. The summed E-state index contributed by atoms with van der Waals surface area (Å²) >= 11 is 1.46. The van der Waals surface area contributed by atoms with Crippen LogP contribution in [0.1, 0.15) is 13.3 Å². The maximum atomic E-state index is 11.0. The molecule has 0 radical (unpaired) electrons. The second-order valence-corrected chi connectivity index (χ2v) is 3.77. The number of carboxylic acid groups (broad SMARTS) is 1. The van der Waals surface area contributed by atoms with E-state index in [0.717, 1.165) is 6.42 Å². The van der Waals surface area contributed by atoms with Gasteiger partial charge < -0.3 is 5.11 Å². The molecule has 0 saturated carbocycles. The lowest BCUT2D eigenvalue weighted by molar-refractivity contribution is -0.145. The van der Waals surface area contributed by atoms with E-state index in [1.54, 1.807) is 0 Å². The van der Waals surface area contributed by atoms with E-state index in [0.29, 0.717) is 5.75 Å². The Kier molecular flexibility index (Phi) is 2.54. The lowest BCUT2D eigenvalue weighted by Crippen LogP contribution is -2.27. The van der Waals surface area contributed by atoms with Gasteiger partial charge in [0.1, 0.15) is 5.92 Å². The topological polar surface area (TPSA) is 54.4 Å². The molecule has 0 aliphatic carbocycles. The van der Waals surface area contributed by atoms with Crippen LogP contribution < -0.4 is 0 Å². The molecule has 62 valence electrons. The molecule has 1 aliphatic rings. The quantitative estimate of drug-likeness (QED) is 0.628. The first-order valence-corrected chi connectivity index (χ1v) is 4.58. The number of aliphatic carboxylic acids is 1. The van der Waals surface area contributed by atoms with Gasteiger partial charge in [0.25, 0.3) is 0 Å². The summed E-state index contributed by atoms with van der Waals surface area (Å²) in [6, 6.07) is 0. The highest BCUT2D eigenvalue weighted by atomic mass is 32.2. The van der Waals surface area contributed by atoms with Crippen molar-refractivity contribution in [3.05, 3.63) is 0 Å². The maximum absolute atomic E-state index is 11.0. The molecular weight excluding hydrogens is 164 g/mol. The van der Waals surface area contributed by atoms with Gasteiger partial charge in [-0.15, -0.1) is 11.8 Å². The highest BCUT2D eigenvalue weighted by Gasteiger charge is 2.39. The first-order valence-electron chi connectivity index (χ1n) is 3.54. The third-order valence-corrected chi connectivity index (χ3v) is 3.31. The number of carbonyl (C=O) groups excluding carboxylic acids is 1. The summed E-state index contributed by atoms with van der Waals surface area (Å²) in [4.78, 5) is 21.5. The zero-order valence-electron chi connectivity index (χ0n) is 6.24. The Hall–Kier alpha value is -0.510. The highest BCUT2D eigenvalue weighted by molar-refractivity contribution is 8.01. The van der Waals surface area contributed by atoms with Gasteiger partial charge in [-0.1, -0.05) is 6.92 Å². The molecule has 1 saturated heterocycles. The fraction of sp³-hybridized carbons (Fsp3) is 0.714. The van der Waals surface area contributed by atoms with Crippen LogP contribution in [-0.4, -0.2) is 27.9 Å². The first-order chi connectivity index (χ1) is 5.16. The zero-order valence-corrected chi connectivity index (χ0v) is 7.06. The van der Waals surface area contributed by atoms with Crippen molar-refractivity contribution < 1.29 is 14.7 Å². The number of rotatable bonds is 2. The summed E-state index contributed by atoms with van der Waals surface area (Å²) in [7, 11) is 0. The third kappa shape index (κ3) is 1.56. The Bertz CT molecular complexity index is 190. The summed E-state index contributed by atoms with van der Waals surface area (Å²) in [6.07, 6.45) is 0.757. The SMILES string of the molecule is CCC1SCC(=O)C1C(=O)O. The van der Waals surface area contributed by atoms with E-state index in [-0.39, 0.29) is 11.0 Å². The minimum atomic E-state index is -0.966. The van der Waals surface area contributed by atoms with Gasteiger partial charge in [0.15, 0.2) is 5.78 Å². The zero-order chi connectivity index (χ0) is 8.43. The van der Waals surface area contributed by atoms with E-state index in [2.05, 4.69) is 0 Å². The predicted octanol–water partition coefficient (Wildman–Crippen LogP) is 0.782. The van der Waals surface area contributed by atoms with Gasteiger partial charge >= 0.3 is 5.97 Å². The van der Waals surface area contributed by atoms with E-state index >= 15 is 0 Å². The number of Topliss-reactive ketones (excluding diaryl/α,β-unsaturated/α-hetero) is 1. The second kappa shape index (κ2) is 3.26. The average Bonchev–Trinajstić information content (AvgIpc) is 2.30. The fourth-order valence-electron chi connectivity index (χ4n) is 1.23. The van der Waals surface area contributed by atoms with Crippen molar-refractivity contribution >= 4 is 23.5 Å². The largest absolute Gasteiger partial charge is 0.481 e. The van der Waals surface area contributed by atoms with Gasteiger partial charge in [-0.25, -0.2) is 0 Å². The Morgan fingerprint density at radius 2 is 2.45 bits per heavy atom. The number of carbonyl (C=O) groups is 2. The third-order valence-electron chi connectivity index (χ3n) is 1.83. The molecule has 1 rings (SSSR count).